The molecule has 3 amide bonds. The number of nitrogens with one attached hydrogen (secondary N) is 1. The van der Waals surface area contributed by atoms with E-state index in [2.05, 4.69) is 5.32 Å². The highest BCUT2D eigenvalue weighted by Crippen LogP contribution is 2.55. The zero-order chi connectivity index (χ0) is 23.9. The van der Waals surface area contributed by atoms with Crippen LogP contribution in [-0.2, 0) is 19.3 Å². The lowest BCUT2D eigenvalue weighted by molar-refractivity contribution is -0.124. The van der Waals surface area contributed by atoms with Crippen LogP contribution in [0.25, 0.3) is 0 Å². The third-order valence-electron chi connectivity index (χ3n) is 5.81. The van der Waals surface area contributed by atoms with Gasteiger partial charge in [0.2, 0.25) is 16.7 Å². The van der Waals surface area contributed by atoms with Crippen molar-refractivity contribution in [2.75, 3.05) is 34.5 Å². The van der Waals surface area contributed by atoms with Crippen LogP contribution in [0.1, 0.15) is 5.56 Å². The molecule has 1 saturated heterocycles. The molecule has 2 aliphatic heterocycles. The van der Waals surface area contributed by atoms with E-state index in [1.165, 1.54) is 46.9 Å². The molecule has 2 heterocycles. The van der Waals surface area contributed by atoms with Crippen LogP contribution in [0.2, 0.25) is 0 Å². The van der Waals surface area contributed by atoms with Crippen molar-refractivity contribution in [3.8, 4) is 5.75 Å². The Morgan fingerprint density at radius 2 is 1.85 bits per heavy atom. The first kappa shape index (κ1) is 22.0. The number of carbonyl (C=O) groups is 3. The van der Waals surface area contributed by atoms with Crippen LogP contribution in [0.15, 0.2) is 72.8 Å². The van der Waals surface area contributed by atoms with Crippen LogP contribution in [0, 0.1) is 5.82 Å². The quantitative estimate of drug-likeness (QED) is 0.606. The van der Waals surface area contributed by atoms with Crippen LogP contribution in [0.3, 0.4) is 0 Å². The minimum absolute atomic E-state index is 0.0534. The number of fused-ring (bicyclic) bond motifs is 2. The van der Waals surface area contributed by atoms with E-state index in [0.29, 0.717) is 28.4 Å². The fraction of sp³-hybridized carbons (Fsp3) is 0.160. The Balaban J connectivity index is 1.52. The third kappa shape index (κ3) is 3.40. The minimum atomic E-state index is -1.41. The van der Waals surface area contributed by atoms with Crippen LogP contribution in [0.4, 0.5) is 21.5 Å². The lowest BCUT2D eigenvalue weighted by Crippen LogP contribution is -2.50. The molecule has 1 unspecified atom stereocenters. The fourth-order valence-corrected chi connectivity index (χ4v) is 5.77. The SMILES string of the molecule is COc1ccccc1NC(=O)CN1C(=O)C2(SCC(=O)N2c2cccc(F)c2)c2ccccc21. The molecule has 3 aromatic rings. The number of carbonyl (C=O) groups excluding carboxylic acids is 3. The average molecular weight is 478 g/mol. The highest BCUT2D eigenvalue weighted by atomic mass is 32.2. The summed E-state index contributed by atoms with van der Waals surface area (Å²) in [6.07, 6.45) is 0. The summed E-state index contributed by atoms with van der Waals surface area (Å²) >= 11 is 1.17. The molecule has 1 fully saturated rings. The van der Waals surface area contributed by atoms with Gasteiger partial charge in [-0.1, -0.05) is 36.4 Å². The number of rotatable bonds is 5. The molecule has 3 aromatic carbocycles. The van der Waals surface area contributed by atoms with Crippen molar-refractivity contribution in [1.29, 1.82) is 0 Å². The zero-order valence-electron chi connectivity index (χ0n) is 18.2. The number of amides is 3. The second kappa shape index (κ2) is 8.49. The lowest BCUT2D eigenvalue weighted by Gasteiger charge is -2.33. The number of methoxy groups -OCH3 is 1. The molecule has 1 atom stereocenters. The van der Waals surface area contributed by atoms with E-state index in [-0.39, 0.29) is 18.2 Å². The zero-order valence-corrected chi connectivity index (χ0v) is 19.0. The standard InChI is InChI=1S/C25H20FN3O4S/c1-33-21-12-5-3-10-19(21)27-22(30)14-28-20-11-4-2-9-18(20)25(24(28)32)29(23(31)15-34-25)17-8-6-7-16(26)13-17/h2-13H,14-15H2,1H3,(H,27,30). The molecule has 172 valence electrons. The van der Waals surface area contributed by atoms with Gasteiger partial charge in [0.05, 0.1) is 24.2 Å². The Hall–Kier alpha value is -3.85. The van der Waals surface area contributed by atoms with Crippen molar-refractivity contribution >= 4 is 46.5 Å². The summed E-state index contributed by atoms with van der Waals surface area (Å²) in [6, 6.07) is 19.6. The Kier molecular flexibility index (Phi) is 5.49. The largest absolute Gasteiger partial charge is 0.495 e. The maximum atomic E-state index is 14.0. The molecule has 5 rings (SSSR count). The first-order chi connectivity index (χ1) is 16.5. The van der Waals surface area contributed by atoms with Gasteiger partial charge in [-0.25, -0.2) is 4.39 Å². The smallest absolute Gasteiger partial charge is 0.269 e. The molecule has 1 N–H and O–H groups in total. The second-order valence-corrected chi connectivity index (χ2v) is 8.97. The second-order valence-electron chi connectivity index (χ2n) is 7.80. The van der Waals surface area contributed by atoms with Crippen molar-refractivity contribution in [1.82, 2.24) is 0 Å². The Morgan fingerprint density at radius 3 is 2.65 bits per heavy atom. The lowest BCUT2D eigenvalue weighted by atomic mass is 10.0. The van der Waals surface area contributed by atoms with Crippen LogP contribution in [0.5, 0.6) is 5.75 Å². The highest BCUT2D eigenvalue weighted by Gasteiger charge is 2.61. The number of hydrogen-bond donors (Lipinski definition) is 1. The van der Waals surface area contributed by atoms with Gasteiger partial charge in [-0.05, 0) is 36.4 Å². The number of nitrogens with zero attached hydrogens (tertiary/aromatic N) is 2. The molecule has 0 aliphatic carbocycles. The maximum Gasteiger partial charge on any atom is 0.269 e. The third-order valence-corrected chi connectivity index (χ3v) is 7.20. The summed E-state index contributed by atoms with van der Waals surface area (Å²) in [4.78, 5) is 41.2. The number of anilines is 3. The van der Waals surface area contributed by atoms with E-state index in [9.17, 15) is 18.8 Å². The van der Waals surface area contributed by atoms with E-state index in [0.717, 1.165) is 0 Å². The molecular formula is C25H20FN3O4S. The van der Waals surface area contributed by atoms with Crippen molar-refractivity contribution < 1.29 is 23.5 Å². The van der Waals surface area contributed by atoms with Gasteiger partial charge in [0.25, 0.3) is 5.91 Å². The van der Waals surface area contributed by atoms with Crippen LogP contribution >= 0.6 is 11.8 Å². The first-order valence-electron chi connectivity index (χ1n) is 10.5. The molecule has 0 aromatic heterocycles. The molecule has 0 bridgehead atoms. The van der Waals surface area contributed by atoms with E-state index in [1.807, 2.05) is 0 Å². The summed E-state index contributed by atoms with van der Waals surface area (Å²) in [7, 11) is 1.50. The topological polar surface area (TPSA) is 79.0 Å². The summed E-state index contributed by atoms with van der Waals surface area (Å²) in [5, 5.41) is 2.78. The molecule has 0 radical (unpaired) electrons. The van der Waals surface area contributed by atoms with Gasteiger partial charge in [-0.3, -0.25) is 24.2 Å². The van der Waals surface area contributed by atoms with E-state index >= 15 is 0 Å². The monoisotopic (exact) mass is 477 g/mol. The Morgan fingerprint density at radius 1 is 1.09 bits per heavy atom. The van der Waals surface area contributed by atoms with Gasteiger partial charge in [-0.15, -0.1) is 11.8 Å². The van der Waals surface area contributed by atoms with Crippen LogP contribution in [-0.4, -0.2) is 37.1 Å². The van der Waals surface area contributed by atoms with Crippen LogP contribution < -0.4 is 19.9 Å². The Labute approximate surface area is 199 Å². The van der Waals surface area contributed by atoms with Gasteiger partial charge in [0, 0.05) is 11.3 Å². The van der Waals surface area contributed by atoms with Crippen molar-refractivity contribution in [3.63, 3.8) is 0 Å². The molecule has 1 spiro atoms. The molecule has 0 saturated carbocycles. The first-order valence-corrected chi connectivity index (χ1v) is 11.5. The number of para-hydroxylation sites is 3. The Bertz CT molecular complexity index is 1320. The molecule has 34 heavy (non-hydrogen) atoms. The molecule has 2 aliphatic rings. The minimum Gasteiger partial charge on any atom is -0.495 e. The van der Waals surface area contributed by atoms with Gasteiger partial charge >= 0.3 is 0 Å². The maximum absolute atomic E-state index is 14.0. The predicted molar refractivity (Wildman–Crippen MR) is 128 cm³/mol. The molecular weight excluding hydrogens is 457 g/mol. The van der Waals surface area contributed by atoms with Crippen molar-refractivity contribution in [3.05, 3.63) is 84.2 Å². The highest BCUT2D eigenvalue weighted by molar-refractivity contribution is 8.02. The summed E-state index contributed by atoms with van der Waals surface area (Å²) < 4.78 is 19.3. The van der Waals surface area contributed by atoms with E-state index in [4.69, 9.17) is 4.74 Å². The predicted octanol–water partition coefficient (Wildman–Crippen LogP) is 3.75. The number of hydrogen-bond acceptors (Lipinski definition) is 5. The average Bonchev–Trinajstić information content (AvgIpc) is 3.30. The fourth-order valence-electron chi connectivity index (χ4n) is 4.41. The van der Waals surface area contributed by atoms with E-state index < -0.39 is 22.5 Å². The normalized spacial score (nSPS) is 19.0. The number of ether oxygens (including phenoxy) is 1. The molecule has 7 nitrogen and oxygen atoms in total. The number of thioether (sulfide) groups is 1. The summed E-state index contributed by atoms with van der Waals surface area (Å²) in [5.41, 5.74) is 1.89. The van der Waals surface area contributed by atoms with Crippen molar-refractivity contribution in [2.24, 2.45) is 0 Å². The van der Waals surface area contributed by atoms with E-state index in [1.54, 1.807) is 54.6 Å². The van der Waals surface area contributed by atoms with Gasteiger partial charge in [0.15, 0.2) is 0 Å². The number of halogens is 1. The number of benzene rings is 3. The van der Waals surface area contributed by atoms with Gasteiger partial charge in [0.1, 0.15) is 18.1 Å². The van der Waals surface area contributed by atoms with Gasteiger partial charge in [-0.2, -0.15) is 0 Å². The van der Waals surface area contributed by atoms with Crippen molar-refractivity contribution in [2.45, 2.75) is 4.87 Å². The molecule has 9 heteroatoms. The summed E-state index contributed by atoms with van der Waals surface area (Å²) in [6.45, 7) is -0.263. The van der Waals surface area contributed by atoms with Gasteiger partial charge < -0.3 is 10.1 Å². The summed E-state index contributed by atoms with van der Waals surface area (Å²) in [5.74, 6) is -1.11.